The Morgan fingerprint density at radius 1 is 1.28 bits per heavy atom. The molecule has 1 aliphatic rings. The van der Waals surface area contributed by atoms with Crippen molar-refractivity contribution >= 4 is 11.7 Å². The van der Waals surface area contributed by atoms with Crippen molar-refractivity contribution < 1.29 is 9.53 Å². The van der Waals surface area contributed by atoms with Crippen LogP contribution in [0.2, 0.25) is 0 Å². The lowest BCUT2D eigenvalue weighted by molar-refractivity contribution is 0.102. The molecular weight excluding hydrogens is 368 g/mol. The molecule has 0 bridgehead atoms. The highest BCUT2D eigenvalue weighted by molar-refractivity contribution is 6.03. The van der Waals surface area contributed by atoms with E-state index in [0.717, 1.165) is 17.8 Å². The van der Waals surface area contributed by atoms with Crippen LogP contribution in [0.25, 0.3) is 5.69 Å². The fourth-order valence-electron chi connectivity index (χ4n) is 3.93. The molecule has 0 aliphatic heterocycles. The van der Waals surface area contributed by atoms with Gasteiger partial charge in [-0.05, 0) is 31.4 Å². The van der Waals surface area contributed by atoms with E-state index in [9.17, 15) is 4.79 Å². The van der Waals surface area contributed by atoms with Crippen molar-refractivity contribution in [1.29, 1.82) is 0 Å². The topological polar surface area (TPSA) is 97.7 Å². The Balaban J connectivity index is 1.44. The third-order valence-corrected chi connectivity index (χ3v) is 5.51. The standard InChI is InChI=1S/C21H26N6O2/c1-14-20(25-26-27(14)17-9-6-10-18(13-17)29-2)21(28)22-19-12-16(23-24-19)11-15-7-4-3-5-8-15/h6,9-10,12-13,15H,3-5,7-8,11H2,1-2H3,(H2,22,23,24,28). The van der Waals surface area contributed by atoms with Crippen LogP contribution >= 0.6 is 0 Å². The number of nitrogens with zero attached hydrogens (tertiary/aromatic N) is 4. The van der Waals surface area contributed by atoms with Crippen LogP contribution in [0.15, 0.2) is 30.3 Å². The first kappa shape index (κ1) is 19.2. The Labute approximate surface area is 169 Å². The Morgan fingerprint density at radius 3 is 2.90 bits per heavy atom. The van der Waals surface area contributed by atoms with E-state index in [0.29, 0.717) is 23.2 Å². The van der Waals surface area contributed by atoms with Crippen molar-refractivity contribution in [1.82, 2.24) is 25.2 Å². The van der Waals surface area contributed by atoms with Gasteiger partial charge in [-0.2, -0.15) is 5.10 Å². The Kier molecular flexibility index (Phi) is 5.59. The molecule has 0 spiro atoms. The highest BCUT2D eigenvalue weighted by Gasteiger charge is 2.20. The maximum atomic E-state index is 12.7. The number of aromatic nitrogens is 5. The molecule has 2 aromatic heterocycles. The van der Waals surface area contributed by atoms with Crippen LogP contribution in [0.3, 0.4) is 0 Å². The number of hydrogen-bond donors (Lipinski definition) is 2. The summed E-state index contributed by atoms with van der Waals surface area (Å²) in [4.78, 5) is 12.7. The molecule has 0 saturated heterocycles. The van der Waals surface area contributed by atoms with Crippen LogP contribution in [-0.2, 0) is 6.42 Å². The van der Waals surface area contributed by atoms with Gasteiger partial charge in [0.2, 0.25) is 0 Å². The summed E-state index contributed by atoms with van der Waals surface area (Å²) in [6, 6.07) is 9.36. The van der Waals surface area contributed by atoms with Crippen LogP contribution in [0.5, 0.6) is 5.75 Å². The molecular formula is C21H26N6O2. The third kappa shape index (κ3) is 4.31. The summed E-state index contributed by atoms with van der Waals surface area (Å²) >= 11 is 0. The number of anilines is 1. The molecule has 0 atom stereocenters. The average molecular weight is 394 g/mol. The predicted octanol–water partition coefficient (Wildman–Crippen LogP) is 3.68. The first-order valence-electron chi connectivity index (χ1n) is 10.1. The predicted molar refractivity (Wildman–Crippen MR) is 109 cm³/mol. The van der Waals surface area contributed by atoms with Gasteiger partial charge in [0.05, 0.1) is 18.5 Å². The van der Waals surface area contributed by atoms with E-state index < -0.39 is 0 Å². The minimum atomic E-state index is -0.327. The summed E-state index contributed by atoms with van der Waals surface area (Å²) < 4.78 is 6.88. The lowest BCUT2D eigenvalue weighted by atomic mass is 9.86. The van der Waals surface area contributed by atoms with Gasteiger partial charge in [-0.25, -0.2) is 4.68 Å². The Bertz CT molecular complexity index is 987. The van der Waals surface area contributed by atoms with Crippen LogP contribution in [0, 0.1) is 12.8 Å². The van der Waals surface area contributed by atoms with Gasteiger partial charge in [0.1, 0.15) is 5.75 Å². The van der Waals surface area contributed by atoms with Gasteiger partial charge in [0.15, 0.2) is 11.5 Å². The summed E-state index contributed by atoms with van der Waals surface area (Å²) in [5.74, 6) is 1.60. The van der Waals surface area contributed by atoms with Crippen molar-refractivity contribution in [3.8, 4) is 11.4 Å². The molecule has 8 heteroatoms. The van der Waals surface area contributed by atoms with E-state index >= 15 is 0 Å². The van der Waals surface area contributed by atoms with Crippen molar-refractivity contribution in [2.75, 3.05) is 12.4 Å². The highest BCUT2D eigenvalue weighted by Crippen LogP contribution is 2.27. The molecule has 1 aliphatic carbocycles. The van der Waals surface area contributed by atoms with E-state index in [1.165, 1.54) is 32.1 Å². The zero-order valence-corrected chi connectivity index (χ0v) is 16.8. The molecule has 1 saturated carbocycles. The van der Waals surface area contributed by atoms with Crippen molar-refractivity contribution in [2.45, 2.75) is 45.4 Å². The van der Waals surface area contributed by atoms with Crippen LogP contribution in [0.4, 0.5) is 5.82 Å². The lowest BCUT2D eigenvalue weighted by Crippen LogP contribution is -2.14. The normalized spacial score (nSPS) is 14.7. The van der Waals surface area contributed by atoms with E-state index in [4.69, 9.17) is 4.74 Å². The van der Waals surface area contributed by atoms with E-state index in [1.807, 2.05) is 37.3 Å². The number of rotatable bonds is 6. The van der Waals surface area contributed by atoms with Gasteiger partial charge >= 0.3 is 0 Å². The Hall–Kier alpha value is -3.16. The van der Waals surface area contributed by atoms with Crippen molar-refractivity contribution in [3.05, 3.63) is 47.4 Å². The number of H-pyrrole nitrogens is 1. The average Bonchev–Trinajstić information content (AvgIpc) is 3.35. The molecule has 1 aromatic carbocycles. The minimum Gasteiger partial charge on any atom is -0.497 e. The molecule has 4 rings (SSSR count). The van der Waals surface area contributed by atoms with Gasteiger partial charge in [0.25, 0.3) is 5.91 Å². The molecule has 0 radical (unpaired) electrons. The number of amides is 1. The number of hydrogen-bond acceptors (Lipinski definition) is 5. The quantitative estimate of drug-likeness (QED) is 0.665. The van der Waals surface area contributed by atoms with Crippen molar-refractivity contribution in [2.24, 2.45) is 5.92 Å². The molecule has 8 nitrogen and oxygen atoms in total. The number of aromatic amines is 1. The maximum Gasteiger partial charge on any atom is 0.279 e. The molecule has 152 valence electrons. The van der Waals surface area contributed by atoms with Crippen LogP contribution in [0.1, 0.15) is 54.0 Å². The number of ether oxygens (including phenoxy) is 1. The summed E-state index contributed by atoms with van der Waals surface area (Å²) in [5.41, 5.74) is 2.75. The van der Waals surface area contributed by atoms with Gasteiger partial charge in [-0.15, -0.1) is 5.10 Å². The second kappa shape index (κ2) is 8.46. The fourth-order valence-corrected chi connectivity index (χ4v) is 3.93. The lowest BCUT2D eigenvalue weighted by Gasteiger charge is -2.20. The summed E-state index contributed by atoms with van der Waals surface area (Å²) in [6.45, 7) is 1.81. The molecule has 1 fully saturated rings. The third-order valence-electron chi connectivity index (χ3n) is 5.51. The summed E-state index contributed by atoms with van der Waals surface area (Å²) in [7, 11) is 1.61. The summed E-state index contributed by atoms with van der Waals surface area (Å²) in [5, 5.41) is 18.3. The molecule has 0 unspecified atom stereocenters. The molecule has 2 heterocycles. The van der Waals surface area contributed by atoms with Crippen LogP contribution in [-0.4, -0.2) is 38.2 Å². The number of carbonyl (C=O) groups is 1. The smallest absolute Gasteiger partial charge is 0.279 e. The SMILES string of the molecule is COc1cccc(-n2nnc(C(=O)Nc3cc(CC4CCCCC4)[nH]n3)c2C)c1. The fraction of sp³-hybridized carbons (Fsp3) is 0.429. The zero-order valence-electron chi connectivity index (χ0n) is 16.8. The number of nitrogens with one attached hydrogen (secondary N) is 2. The number of methoxy groups -OCH3 is 1. The molecule has 3 aromatic rings. The monoisotopic (exact) mass is 394 g/mol. The zero-order chi connectivity index (χ0) is 20.2. The second-order valence-electron chi connectivity index (χ2n) is 7.58. The van der Waals surface area contributed by atoms with Gasteiger partial charge in [0, 0.05) is 17.8 Å². The van der Waals surface area contributed by atoms with Gasteiger partial charge < -0.3 is 10.1 Å². The molecule has 1 amide bonds. The largest absolute Gasteiger partial charge is 0.497 e. The van der Waals surface area contributed by atoms with Crippen LogP contribution < -0.4 is 10.1 Å². The van der Waals surface area contributed by atoms with E-state index in [-0.39, 0.29) is 11.6 Å². The molecule has 29 heavy (non-hydrogen) atoms. The van der Waals surface area contributed by atoms with Gasteiger partial charge in [-0.1, -0.05) is 43.4 Å². The Morgan fingerprint density at radius 2 is 2.10 bits per heavy atom. The maximum absolute atomic E-state index is 12.7. The molecule has 2 N–H and O–H groups in total. The first-order chi connectivity index (χ1) is 14.1. The summed E-state index contributed by atoms with van der Waals surface area (Å²) in [6.07, 6.45) is 7.49. The van der Waals surface area contributed by atoms with Gasteiger partial charge in [-0.3, -0.25) is 9.89 Å². The van der Waals surface area contributed by atoms with E-state index in [2.05, 4.69) is 25.8 Å². The number of benzene rings is 1. The minimum absolute atomic E-state index is 0.268. The highest BCUT2D eigenvalue weighted by atomic mass is 16.5. The van der Waals surface area contributed by atoms with Crippen molar-refractivity contribution in [3.63, 3.8) is 0 Å². The second-order valence-corrected chi connectivity index (χ2v) is 7.58. The first-order valence-corrected chi connectivity index (χ1v) is 10.1. The van der Waals surface area contributed by atoms with E-state index in [1.54, 1.807) is 11.8 Å². The number of carbonyl (C=O) groups excluding carboxylic acids is 1.